The molecular weight excluding hydrogens is 240 g/mol. The lowest BCUT2D eigenvalue weighted by Gasteiger charge is -2.32. The van der Waals surface area contributed by atoms with Crippen LogP contribution in [-0.4, -0.2) is 49.1 Å². The topological polar surface area (TPSA) is 15.3 Å². The average Bonchev–Trinajstić information content (AvgIpc) is 2.38. The Labute approximate surface area is 118 Å². The highest BCUT2D eigenvalue weighted by molar-refractivity contribution is 7.98. The molecule has 0 spiro atoms. The lowest BCUT2D eigenvalue weighted by atomic mass is 9.88. The Kier molecular flexibility index (Phi) is 9.16. The van der Waals surface area contributed by atoms with E-state index in [2.05, 4.69) is 30.3 Å². The van der Waals surface area contributed by atoms with Crippen LogP contribution in [0.5, 0.6) is 0 Å². The summed E-state index contributed by atoms with van der Waals surface area (Å²) in [5, 5.41) is 3.55. The van der Waals surface area contributed by atoms with Gasteiger partial charge in [0.15, 0.2) is 0 Å². The molecule has 0 saturated heterocycles. The maximum Gasteiger partial charge on any atom is 0.0110 e. The zero-order valence-corrected chi connectivity index (χ0v) is 13.4. The molecule has 0 bridgehead atoms. The Morgan fingerprint density at radius 3 is 2.50 bits per heavy atom. The van der Waals surface area contributed by atoms with Crippen LogP contribution in [0.4, 0.5) is 0 Å². The molecule has 0 radical (unpaired) electrons. The Balaban J connectivity index is 2.17. The first-order chi connectivity index (χ1) is 8.74. The monoisotopic (exact) mass is 272 g/mol. The molecule has 0 unspecified atom stereocenters. The highest BCUT2D eigenvalue weighted by Crippen LogP contribution is 2.24. The van der Waals surface area contributed by atoms with Gasteiger partial charge in [-0.2, -0.15) is 11.8 Å². The third-order valence-corrected chi connectivity index (χ3v) is 4.62. The fourth-order valence-corrected chi connectivity index (χ4v) is 3.13. The Hall–Kier alpha value is 0.270. The minimum atomic E-state index is 0.689. The van der Waals surface area contributed by atoms with Crippen LogP contribution in [0.1, 0.15) is 46.0 Å². The van der Waals surface area contributed by atoms with Crippen molar-refractivity contribution < 1.29 is 0 Å². The second-order valence-corrected chi connectivity index (χ2v) is 6.82. The lowest BCUT2D eigenvalue weighted by Crippen LogP contribution is -2.40. The maximum atomic E-state index is 3.55. The fourth-order valence-electron chi connectivity index (χ4n) is 2.78. The van der Waals surface area contributed by atoms with Gasteiger partial charge in [-0.25, -0.2) is 0 Å². The van der Waals surface area contributed by atoms with Gasteiger partial charge >= 0.3 is 0 Å². The molecule has 1 rings (SSSR count). The summed E-state index contributed by atoms with van der Waals surface area (Å²) in [7, 11) is 0. The standard InChI is InChI=1S/C15H32N2S/c1-14(2)17(11-9-16-10-12-18-3)13-15-7-5-4-6-8-15/h14-16H,4-13H2,1-3H3. The summed E-state index contributed by atoms with van der Waals surface area (Å²) in [6.45, 7) is 9.50. The molecule has 18 heavy (non-hydrogen) atoms. The first-order valence-electron chi connectivity index (χ1n) is 7.67. The molecule has 0 amide bonds. The summed E-state index contributed by atoms with van der Waals surface area (Å²) in [4.78, 5) is 2.67. The van der Waals surface area contributed by atoms with Gasteiger partial charge in [0.25, 0.3) is 0 Å². The van der Waals surface area contributed by atoms with Gasteiger partial charge in [0, 0.05) is 38.0 Å². The molecule has 0 aromatic heterocycles. The molecule has 108 valence electrons. The molecule has 1 fully saturated rings. The van der Waals surface area contributed by atoms with Crippen LogP contribution in [0.3, 0.4) is 0 Å². The number of thioether (sulfide) groups is 1. The van der Waals surface area contributed by atoms with Crippen molar-refractivity contribution in [1.29, 1.82) is 0 Å². The van der Waals surface area contributed by atoms with Crippen molar-refractivity contribution >= 4 is 11.8 Å². The van der Waals surface area contributed by atoms with Crippen LogP contribution in [0.15, 0.2) is 0 Å². The molecule has 1 aliphatic rings. The van der Waals surface area contributed by atoms with Gasteiger partial charge in [-0.1, -0.05) is 19.3 Å². The molecule has 1 N–H and O–H groups in total. The van der Waals surface area contributed by atoms with E-state index in [1.165, 1.54) is 50.9 Å². The zero-order chi connectivity index (χ0) is 13.2. The zero-order valence-electron chi connectivity index (χ0n) is 12.6. The quantitative estimate of drug-likeness (QED) is 0.649. The van der Waals surface area contributed by atoms with Crippen LogP contribution in [0.25, 0.3) is 0 Å². The molecule has 0 aromatic rings. The van der Waals surface area contributed by atoms with Crippen molar-refractivity contribution in [2.45, 2.75) is 52.0 Å². The second kappa shape index (κ2) is 10.1. The highest BCUT2D eigenvalue weighted by Gasteiger charge is 2.18. The maximum absolute atomic E-state index is 3.55. The smallest absolute Gasteiger partial charge is 0.0110 e. The lowest BCUT2D eigenvalue weighted by molar-refractivity contribution is 0.166. The van der Waals surface area contributed by atoms with Crippen molar-refractivity contribution in [2.75, 3.05) is 38.2 Å². The van der Waals surface area contributed by atoms with Crippen LogP contribution in [-0.2, 0) is 0 Å². The van der Waals surface area contributed by atoms with E-state index in [4.69, 9.17) is 0 Å². The molecule has 3 heteroatoms. The molecule has 1 aliphatic carbocycles. The molecular formula is C15H32N2S. The van der Waals surface area contributed by atoms with Crippen molar-refractivity contribution in [2.24, 2.45) is 5.92 Å². The van der Waals surface area contributed by atoms with Crippen molar-refractivity contribution in [3.8, 4) is 0 Å². The SMILES string of the molecule is CSCCNCCN(CC1CCCCC1)C(C)C. The average molecular weight is 273 g/mol. The third-order valence-electron chi connectivity index (χ3n) is 4.01. The normalized spacial score (nSPS) is 17.8. The fraction of sp³-hybridized carbons (Fsp3) is 1.00. The van der Waals surface area contributed by atoms with Crippen molar-refractivity contribution in [1.82, 2.24) is 10.2 Å². The van der Waals surface area contributed by atoms with E-state index in [9.17, 15) is 0 Å². The van der Waals surface area contributed by atoms with E-state index in [1.54, 1.807) is 0 Å². The molecule has 0 aromatic carbocycles. The van der Waals surface area contributed by atoms with Gasteiger partial charge in [-0.05, 0) is 38.9 Å². The van der Waals surface area contributed by atoms with E-state index in [0.717, 1.165) is 19.0 Å². The van der Waals surface area contributed by atoms with Gasteiger partial charge in [0.2, 0.25) is 0 Å². The Morgan fingerprint density at radius 2 is 1.89 bits per heavy atom. The molecule has 0 heterocycles. The minimum Gasteiger partial charge on any atom is -0.315 e. The van der Waals surface area contributed by atoms with E-state index >= 15 is 0 Å². The summed E-state index contributed by atoms with van der Waals surface area (Å²) in [6.07, 6.45) is 9.48. The number of nitrogens with zero attached hydrogens (tertiary/aromatic N) is 1. The first kappa shape index (κ1) is 16.3. The van der Waals surface area contributed by atoms with Gasteiger partial charge in [-0.3, -0.25) is 4.90 Å². The molecule has 2 nitrogen and oxygen atoms in total. The summed E-state index contributed by atoms with van der Waals surface area (Å²) in [5.41, 5.74) is 0. The minimum absolute atomic E-state index is 0.689. The first-order valence-corrected chi connectivity index (χ1v) is 9.07. The Morgan fingerprint density at radius 1 is 1.17 bits per heavy atom. The predicted octanol–water partition coefficient (Wildman–Crippen LogP) is 3.23. The van der Waals surface area contributed by atoms with Gasteiger partial charge in [-0.15, -0.1) is 0 Å². The summed E-state index contributed by atoms with van der Waals surface area (Å²) in [6, 6.07) is 0.689. The molecule has 0 atom stereocenters. The number of hydrogen-bond acceptors (Lipinski definition) is 3. The largest absolute Gasteiger partial charge is 0.315 e. The third kappa shape index (κ3) is 7.01. The summed E-state index contributed by atoms with van der Waals surface area (Å²) < 4.78 is 0. The van der Waals surface area contributed by atoms with Crippen LogP contribution >= 0.6 is 11.8 Å². The highest BCUT2D eigenvalue weighted by atomic mass is 32.2. The van der Waals surface area contributed by atoms with E-state index < -0.39 is 0 Å². The van der Waals surface area contributed by atoms with Crippen LogP contribution in [0, 0.1) is 5.92 Å². The number of nitrogens with one attached hydrogen (secondary N) is 1. The molecule has 0 aliphatic heterocycles. The second-order valence-electron chi connectivity index (χ2n) is 5.84. The van der Waals surface area contributed by atoms with Crippen LogP contribution < -0.4 is 5.32 Å². The predicted molar refractivity (Wildman–Crippen MR) is 84.5 cm³/mol. The van der Waals surface area contributed by atoms with E-state index in [-0.39, 0.29) is 0 Å². The summed E-state index contributed by atoms with van der Waals surface area (Å²) in [5.74, 6) is 2.19. The molecule has 1 saturated carbocycles. The number of rotatable bonds is 9. The van der Waals surface area contributed by atoms with E-state index in [1.807, 2.05) is 11.8 Å². The van der Waals surface area contributed by atoms with Crippen molar-refractivity contribution in [3.05, 3.63) is 0 Å². The van der Waals surface area contributed by atoms with Crippen molar-refractivity contribution in [3.63, 3.8) is 0 Å². The van der Waals surface area contributed by atoms with Gasteiger partial charge in [0.05, 0.1) is 0 Å². The number of hydrogen-bond donors (Lipinski definition) is 1. The summed E-state index contributed by atoms with van der Waals surface area (Å²) >= 11 is 1.92. The van der Waals surface area contributed by atoms with Crippen LogP contribution in [0.2, 0.25) is 0 Å². The van der Waals surface area contributed by atoms with Gasteiger partial charge < -0.3 is 5.32 Å². The Bertz CT molecular complexity index is 191. The van der Waals surface area contributed by atoms with E-state index in [0.29, 0.717) is 6.04 Å². The van der Waals surface area contributed by atoms with Gasteiger partial charge in [0.1, 0.15) is 0 Å².